The first-order valence-corrected chi connectivity index (χ1v) is 12.8. The number of para-hydroxylation sites is 1. The number of sulfone groups is 1. The van der Waals surface area contributed by atoms with Gasteiger partial charge < -0.3 is 15.0 Å². The number of hydrogen-bond donors (Lipinski definition) is 1. The van der Waals surface area contributed by atoms with Crippen molar-refractivity contribution in [1.29, 1.82) is 0 Å². The van der Waals surface area contributed by atoms with Crippen molar-refractivity contribution in [2.45, 2.75) is 37.0 Å². The predicted octanol–water partition coefficient (Wildman–Crippen LogP) is 3.19. The van der Waals surface area contributed by atoms with Gasteiger partial charge in [0, 0.05) is 31.6 Å². The van der Waals surface area contributed by atoms with Gasteiger partial charge in [-0.15, -0.1) is 0 Å². The Bertz CT molecular complexity index is 1150. The maximum atomic E-state index is 13.6. The van der Waals surface area contributed by atoms with E-state index in [4.69, 9.17) is 4.74 Å². The van der Waals surface area contributed by atoms with Gasteiger partial charge in [0.2, 0.25) is 11.8 Å². The van der Waals surface area contributed by atoms with E-state index in [9.17, 15) is 22.4 Å². The fraction of sp³-hybridized carbons (Fsp3) is 0.417. The van der Waals surface area contributed by atoms with E-state index in [0.29, 0.717) is 44.6 Å². The number of hydrogen-bond acceptors (Lipinski definition) is 5. The van der Waals surface area contributed by atoms with Crippen LogP contribution in [0.5, 0.6) is 5.75 Å². The minimum absolute atomic E-state index is 0.0748. The number of anilines is 1. The van der Waals surface area contributed by atoms with E-state index in [-0.39, 0.29) is 40.6 Å². The molecule has 1 atom stereocenters. The summed E-state index contributed by atoms with van der Waals surface area (Å²) in [5.74, 6) is -0.445. The third-order valence-corrected chi connectivity index (χ3v) is 7.89. The Labute approximate surface area is 192 Å². The number of fused-ring (bicyclic) bond motifs is 1. The number of halogens is 1. The molecule has 2 aliphatic rings. The molecule has 1 unspecified atom stereocenters. The lowest BCUT2D eigenvalue weighted by molar-refractivity contribution is -0.129. The third kappa shape index (κ3) is 5.71. The fourth-order valence-corrected chi connectivity index (χ4v) is 5.52. The Morgan fingerprint density at radius 3 is 2.82 bits per heavy atom. The first-order chi connectivity index (χ1) is 15.8. The summed E-state index contributed by atoms with van der Waals surface area (Å²) >= 11 is 0. The van der Waals surface area contributed by atoms with Gasteiger partial charge in [-0.3, -0.25) is 9.59 Å². The molecular formula is C24H27FN2O5S. The molecule has 2 aromatic carbocycles. The van der Waals surface area contributed by atoms with Crippen molar-refractivity contribution in [2.24, 2.45) is 5.92 Å². The quantitative estimate of drug-likeness (QED) is 0.634. The standard InChI is InChI=1S/C24H27FN2O5S/c25-20-3-1-2-4-22(20)32-13-10-17-9-12-27(16-17)24(29)11-14-33(30,31)19-6-7-21-18(15-19)5-8-23(28)26-21/h1-4,6-7,15,17H,5,8-14,16H2,(H,26,28). The maximum Gasteiger partial charge on any atom is 0.224 e. The van der Waals surface area contributed by atoms with Crippen LogP contribution in [0.1, 0.15) is 31.2 Å². The summed E-state index contributed by atoms with van der Waals surface area (Å²) in [6.45, 7) is 1.50. The smallest absolute Gasteiger partial charge is 0.224 e. The lowest BCUT2D eigenvalue weighted by atomic mass is 10.0. The molecule has 1 fully saturated rings. The third-order valence-electron chi connectivity index (χ3n) is 6.17. The molecule has 2 aromatic rings. The number of amides is 2. The van der Waals surface area contributed by atoms with Gasteiger partial charge in [0.05, 0.1) is 17.3 Å². The van der Waals surface area contributed by atoms with Gasteiger partial charge >= 0.3 is 0 Å². The second-order valence-electron chi connectivity index (χ2n) is 8.50. The van der Waals surface area contributed by atoms with Gasteiger partial charge in [-0.2, -0.15) is 0 Å². The van der Waals surface area contributed by atoms with E-state index in [1.54, 1.807) is 35.2 Å². The first kappa shape index (κ1) is 23.2. The number of ether oxygens (including phenoxy) is 1. The van der Waals surface area contributed by atoms with E-state index in [2.05, 4.69) is 5.32 Å². The molecule has 0 saturated carbocycles. The van der Waals surface area contributed by atoms with Crippen LogP contribution in [0.2, 0.25) is 0 Å². The number of benzene rings is 2. The molecule has 2 heterocycles. The number of carbonyl (C=O) groups excluding carboxylic acids is 2. The summed E-state index contributed by atoms with van der Waals surface area (Å²) in [6.07, 6.45) is 2.27. The van der Waals surface area contributed by atoms with Gasteiger partial charge in [-0.05, 0) is 61.1 Å². The highest BCUT2D eigenvalue weighted by Crippen LogP contribution is 2.27. The molecule has 7 nitrogen and oxygen atoms in total. The Morgan fingerprint density at radius 2 is 2.00 bits per heavy atom. The monoisotopic (exact) mass is 474 g/mol. The largest absolute Gasteiger partial charge is 0.491 e. The summed E-state index contributed by atoms with van der Waals surface area (Å²) in [5.41, 5.74) is 1.44. The highest BCUT2D eigenvalue weighted by atomic mass is 32.2. The molecule has 0 radical (unpaired) electrons. The van der Waals surface area contributed by atoms with Crippen LogP contribution < -0.4 is 10.1 Å². The zero-order valence-corrected chi connectivity index (χ0v) is 19.1. The average Bonchev–Trinajstić information content (AvgIpc) is 3.27. The van der Waals surface area contributed by atoms with Crippen LogP contribution in [0.15, 0.2) is 47.4 Å². The molecule has 1 N–H and O–H groups in total. The SMILES string of the molecule is O=C1CCc2cc(S(=O)(=O)CCC(=O)N3CCC(CCOc4ccccc4F)C3)ccc2N1. The maximum absolute atomic E-state index is 13.6. The highest BCUT2D eigenvalue weighted by Gasteiger charge is 2.28. The molecule has 0 spiro atoms. The number of nitrogens with zero attached hydrogens (tertiary/aromatic N) is 1. The summed E-state index contributed by atoms with van der Waals surface area (Å²) in [5, 5.41) is 2.73. The zero-order valence-electron chi connectivity index (χ0n) is 18.3. The minimum Gasteiger partial charge on any atom is -0.491 e. The topological polar surface area (TPSA) is 92.8 Å². The van der Waals surface area contributed by atoms with E-state index in [1.807, 2.05) is 0 Å². The molecule has 0 aliphatic carbocycles. The molecule has 2 amide bonds. The molecule has 33 heavy (non-hydrogen) atoms. The van der Waals surface area contributed by atoms with E-state index >= 15 is 0 Å². The second kappa shape index (κ2) is 9.91. The van der Waals surface area contributed by atoms with Crippen LogP contribution in [0, 0.1) is 11.7 Å². The van der Waals surface area contributed by atoms with Crippen molar-refractivity contribution >= 4 is 27.3 Å². The van der Waals surface area contributed by atoms with Crippen LogP contribution in [-0.4, -0.2) is 50.6 Å². The van der Waals surface area contributed by atoms with Crippen LogP contribution in [-0.2, 0) is 25.8 Å². The van der Waals surface area contributed by atoms with E-state index in [1.165, 1.54) is 12.1 Å². The van der Waals surface area contributed by atoms with Crippen LogP contribution in [0.4, 0.5) is 10.1 Å². The first-order valence-electron chi connectivity index (χ1n) is 11.1. The van der Waals surface area contributed by atoms with Crippen molar-refractivity contribution in [1.82, 2.24) is 4.90 Å². The normalized spacial score (nSPS) is 18.0. The molecule has 176 valence electrons. The van der Waals surface area contributed by atoms with Crippen molar-refractivity contribution in [3.8, 4) is 5.75 Å². The van der Waals surface area contributed by atoms with Crippen LogP contribution in [0.3, 0.4) is 0 Å². The van der Waals surface area contributed by atoms with E-state index < -0.39 is 15.7 Å². The van der Waals surface area contributed by atoms with Crippen molar-refractivity contribution in [3.63, 3.8) is 0 Å². The number of rotatable bonds is 8. The van der Waals surface area contributed by atoms with Crippen LogP contribution in [0.25, 0.3) is 0 Å². The molecule has 0 bridgehead atoms. The van der Waals surface area contributed by atoms with Crippen molar-refractivity contribution in [2.75, 3.05) is 30.8 Å². The number of carbonyl (C=O) groups is 2. The Balaban J connectivity index is 1.25. The lowest BCUT2D eigenvalue weighted by Crippen LogP contribution is -2.30. The molecule has 4 rings (SSSR count). The summed E-state index contributed by atoms with van der Waals surface area (Å²) in [6, 6.07) is 10.9. The van der Waals surface area contributed by atoms with E-state index in [0.717, 1.165) is 12.0 Å². The van der Waals surface area contributed by atoms with Crippen molar-refractivity contribution in [3.05, 3.63) is 53.8 Å². The van der Waals surface area contributed by atoms with Gasteiger partial charge in [0.25, 0.3) is 0 Å². The predicted molar refractivity (Wildman–Crippen MR) is 121 cm³/mol. The number of aryl methyl sites for hydroxylation is 1. The van der Waals surface area contributed by atoms with Gasteiger partial charge in [0.15, 0.2) is 21.4 Å². The minimum atomic E-state index is -3.61. The Hall–Kier alpha value is -2.94. The van der Waals surface area contributed by atoms with Crippen molar-refractivity contribution < 1.29 is 27.1 Å². The number of likely N-dealkylation sites (tertiary alicyclic amines) is 1. The van der Waals surface area contributed by atoms with Crippen LogP contribution >= 0.6 is 0 Å². The summed E-state index contributed by atoms with van der Waals surface area (Å²) < 4.78 is 44.6. The van der Waals surface area contributed by atoms with Gasteiger partial charge in [0.1, 0.15) is 0 Å². The fourth-order valence-electron chi connectivity index (χ4n) is 4.24. The summed E-state index contributed by atoms with van der Waals surface area (Å²) in [4.78, 5) is 26.0. The Morgan fingerprint density at radius 1 is 1.18 bits per heavy atom. The molecule has 9 heteroatoms. The highest BCUT2D eigenvalue weighted by molar-refractivity contribution is 7.91. The number of nitrogens with one attached hydrogen (secondary N) is 1. The average molecular weight is 475 g/mol. The second-order valence-corrected chi connectivity index (χ2v) is 10.6. The molecule has 0 aromatic heterocycles. The molecular weight excluding hydrogens is 447 g/mol. The van der Waals surface area contributed by atoms with Gasteiger partial charge in [-0.25, -0.2) is 12.8 Å². The van der Waals surface area contributed by atoms with Gasteiger partial charge in [-0.1, -0.05) is 12.1 Å². The molecule has 2 aliphatic heterocycles. The molecule has 1 saturated heterocycles. The zero-order chi connectivity index (χ0) is 23.4. The Kier molecular flexibility index (Phi) is 6.97. The lowest BCUT2D eigenvalue weighted by Gasteiger charge is -2.18. The summed E-state index contributed by atoms with van der Waals surface area (Å²) in [7, 11) is -3.61.